The molecule has 0 aromatic heterocycles. The largest absolute Gasteiger partial charge is 0.496 e. The summed E-state index contributed by atoms with van der Waals surface area (Å²) >= 11 is 1.56. The Labute approximate surface area is 140 Å². The molecule has 118 valence electrons. The molecule has 0 aliphatic carbocycles. The number of rotatable bonds is 6. The highest BCUT2D eigenvalue weighted by Crippen LogP contribution is 2.28. The Hall–Kier alpha value is -2.45. The molecule has 0 fully saturated rings. The lowest BCUT2D eigenvalue weighted by molar-refractivity contribution is 0.102. The van der Waals surface area contributed by atoms with Crippen LogP contribution >= 0.6 is 11.8 Å². The Balaban J connectivity index is 2.16. The van der Waals surface area contributed by atoms with Crippen LogP contribution in [0.3, 0.4) is 0 Å². The van der Waals surface area contributed by atoms with Gasteiger partial charge < -0.3 is 10.1 Å². The molecular formula is C18H18N2O2S. The van der Waals surface area contributed by atoms with Gasteiger partial charge in [0.25, 0.3) is 5.91 Å². The Morgan fingerprint density at radius 1 is 1.30 bits per heavy atom. The van der Waals surface area contributed by atoms with Crippen molar-refractivity contribution < 1.29 is 9.53 Å². The first-order chi connectivity index (χ1) is 11.2. The van der Waals surface area contributed by atoms with Gasteiger partial charge in [0.2, 0.25) is 0 Å². The van der Waals surface area contributed by atoms with Crippen molar-refractivity contribution >= 4 is 23.4 Å². The topological polar surface area (TPSA) is 62.1 Å². The van der Waals surface area contributed by atoms with Crippen LogP contribution in [0.1, 0.15) is 22.3 Å². The van der Waals surface area contributed by atoms with Crippen LogP contribution in [-0.4, -0.2) is 18.8 Å². The van der Waals surface area contributed by atoms with Crippen LogP contribution in [0.5, 0.6) is 5.75 Å². The number of carbonyl (C=O) groups is 1. The van der Waals surface area contributed by atoms with E-state index in [1.807, 2.05) is 37.3 Å². The molecule has 4 nitrogen and oxygen atoms in total. The summed E-state index contributed by atoms with van der Waals surface area (Å²) in [5.74, 6) is 1.20. The predicted molar refractivity (Wildman–Crippen MR) is 93.1 cm³/mol. The Bertz CT molecular complexity index is 738. The van der Waals surface area contributed by atoms with E-state index in [1.54, 1.807) is 31.0 Å². The van der Waals surface area contributed by atoms with Crippen molar-refractivity contribution in [1.82, 2.24) is 0 Å². The van der Waals surface area contributed by atoms with E-state index in [4.69, 9.17) is 10.00 Å². The first-order valence-electron chi connectivity index (χ1n) is 7.20. The molecule has 0 spiro atoms. The van der Waals surface area contributed by atoms with Gasteiger partial charge in [-0.05, 0) is 36.8 Å². The van der Waals surface area contributed by atoms with Gasteiger partial charge in [0.05, 0.1) is 18.9 Å². The molecule has 0 saturated carbocycles. The van der Waals surface area contributed by atoms with Crippen molar-refractivity contribution in [2.75, 3.05) is 18.2 Å². The van der Waals surface area contributed by atoms with Gasteiger partial charge in [0.1, 0.15) is 5.75 Å². The summed E-state index contributed by atoms with van der Waals surface area (Å²) in [5.41, 5.74) is 2.28. The van der Waals surface area contributed by atoms with Gasteiger partial charge in [-0.25, -0.2) is 0 Å². The lowest BCUT2D eigenvalue weighted by Crippen LogP contribution is -2.12. The number of benzene rings is 2. The molecule has 0 aliphatic rings. The van der Waals surface area contributed by atoms with Crippen molar-refractivity contribution in [2.24, 2.45) is 0 Å². The summed E-state index contributed by atoms with van der Waals surface area (Å²) in [6.07, 6.45) is 0.474. The molecule has 0 unspecified atom stereocenters. The molecule has 5 heteroatoms. The molecule has 0 heterocycles. The second-order valence-corrected chi connectivity index (χ2v) is 6.03. The molecule has 0 bridgehead atoms. The number of thioether (sulfide) groups is 1. The first kappa shape index (κ1) is 16.9. The monoisotopic (exact) mass is 326 g/mol. The van der Waals surface area contributed by atoms with Crippen LogP contribution < -0.4 is 10.1 Å². The Morgan fingerprint density at radius 3 is 2.83 bits per heavy atom. The highest BCUT2D eigenvalue weighted by molar-refractivity contribution is 7.99. The van der Waals surface area contributed by atoms with Crippen molar-refractivity contribution in [3.8, 4) is 11.8 Å². The molecule has 2 aromatic rings. The van der Waals surface area contributed by atoms with Crippen LogP contribution in [-0.2, 0) is 0 Å². The number of hydrogen-bond acceptors (Lipinski definition) is 4. The average molecular weight is 326 g/mol. The number of carbonyl (C=O) groups excluding carboxylic acids is 1. The predicted octanol–water partition coefficient (Wildman–Crippen LogP) is 4.26. The van der Waals surface area contributed by atoms with E-state index in [0.717, 1.165) is 16.1 Å². The standard InChI is InChI=1S/C18H18N2O2S/c1-13-8-9-14(12-16(13)22-2)18(21)20-15-6-3-4-7-17(15)23-11-5-10-19/h3-4,6-9,12H,5,11H2,1-2H3,(H,20,21). The SMILES string of the molecule is COc1cc(C(=O)Nc2ccccc2SCCC#N)ccc1C. The lowest BCUT2D eigenvalue weighted by atomic mass is 10.1. The van der Waals surface area contributed by atoms with E-state index in [0.29, 0.717) is 23.5 Å². The number of nitrogens with zero attached hydrogens (tertiary/aromatic N) is 1. The highest BCUT2D eigenvalue weighted by atomic mass is 32.2. The zero-order valence-corrected chi connectivity index (χ0v) is 13.9. The number of ether oxygens (including phenoxy) is 1. The minimum Gasteiger partial charge on any atom is -0.496 e. The third kappa shape index (κ3) is 4.51. The fraction of sp³-hybridized carbons (Fsp3) is 0.222. The maximum Gasteiger partial charge on any atom is 0.255 e. The van der Waals surface area contributed by atoms with Crippen molar-refractivity contribution in [1.29, 1.82) is 5.26 Å². The number of hydrogen-bond donors (Lipinski definition) is 1. The minimum absolute atomic E-state index is 0.184. The van der Waals surface area contributed by atoms with Crippen molar-refractivity contribution in [3.05, 3.63) is 53.6 Å². The van der Waals surface area contributed by atoms with E-state index < -0.39 is 0 Å². The molecule has 0 saturated heterocycles. The maximum absolute atomic E-state index is 12.4. The van der Waals surface area contributed by atoms with E-state index in [1.165, 1.54) is 0 Å². The summed E-state index contributed by atoms with van der Waals surface area (Å²) in [6.45, 7) is 1.93. The Morgan fingerprint density at radius 2 is 2.09 bits per heavy atom. The number of anilines is 1. The summed E-state index contributed by atoms with van der Waals surface area (Å²) in [5, 5.41) is 11.6. The summed E-state index contributed by atoms with van der Waals surface area (Å²) in [7, 11) is 1.59. The van der Waals surface area contributed by atoms with E-state index in [9.17, 15) is 4.79 Å². The molecule has 0 atom stereocenters. The third-order valence-corrected chi connectivity index (χ3v) is 4.35. The molecule has 1 N–H and O–H groups in total. The fourth-order valence-electron chi connectivity index (χ4n) is 2.06. The number of nitriles is 1. The summed E-state index contributed by atoms with van der Waals surface area (Å²) in [6, 6.07) is 15.1. The van der Waals surface area contributed by atoms with Gasteiger partial charge >= 0.3 is 0 Å². The smallest absolute Gasteiger partial charge is 0.255 e. The van der Waals surface area contributed by atoms with E-state index in [2.05, 4.69) is 11.4 Å². The van der Waals surface area contributed by atoms with Crippen molar-refractivity contribution in [3.63, 3.8) is 0 Å². The van der Waals surface area contributed by atoms with Gasteiger partial charge in [0.15, 0.2) is 0 Å². The van der Waals surface area contributed by atoms with E-state index >= 15 is 0 Å². The van der Waals surface area contributed by atoms with Crippen LogP contribution in [0.2, 0.25) is 0 Å². The number of methoxy groups -OCH3 is 1. The van der Waals surface area contributed by atoms with Gasteiger partial charge in [-0.1, -0.05) is 18.2 Å². The van der Waals surface area contributed by atoms with Crippen LogP contribution in [0.4, 0.5) is 5.69 Å². The molecule has 23 heavy (non-hydrogen) atoms. The average Bonchev–Trinajstić information content (AvgIpc) is 2.57. The minimum atomic E-state index is -0.184. The van der Waals surface area contributed by atoms with Gasteiger partial charge in [-0.2, -0.15) is 5.26 Å². The maximum atomic E-state index is 12.4. The number of amides is 1. The fourth-order valence-corrected chi connectivity index (χ4v) is 2.92. The summed E-state index contributed by atoms with van der Waals surface area (Å²) < 4.78 is 5.26. The second-order valence-electron chi connectivity index (χ2n) is 4.89. The normalized spacial score (nSPS) is 9.96. The van der Waals surface area contributed by atoms with Crippen LogP contribution in [0.15, 0.2) is 47.4 Å². The van der Waals surface area contributed by atoms with Crippen molar-refractivity contribution in [2.45, 2.75) is 18.2 Å². The quantitative estimate of drug-likeness (QED) is 0.636. The highest BCUT2D eigenvalue weighted by Gasteiger charge is 2.11. The van der Waals surface area contributed by atoms with E-state index in [-0.39, 0.29) is 5.91 Å². The molecular weight excluding hydrogens is 308 g/mol. The van der Waals surface area contributed by atoms with Crippen LogP contribution in [0, 0.1) is 18.3 Å². The molecule has 0 radical (unpaired) electrons. The first-order valence-corrected chi connectivity index (χ1v) is 8.19. The molecule has 0 aliphatic heterocycles. The lowest BCUT2D eigenvalue weighted by Gasteiger charge is -2.11. The number of aryl methyl sites for hydroxylation is 1. The molecule has 2 aromatic carbocycles. The van der Waals surface area contributed by atoms with Gasteiger partial charge in [0, 0.05) is 22.6 Å². The third-order valence-electron chi connectivity index (χ3n) is 3.28. The van der Waals surface area contributed by atoms with Crippen LogP contribution in [0.25, 0.3) is 0 Å². The zero-order valence-electron chi connectivity index (χ0n) is 13.1. The second kappa shape index (κ2) is 8.25. The van der Waals surface area contributed by atoms with Gasteiger partial charge in [-0.3, -0.25) is 4.79 Å². The Kier molecular flexibility index (Phi) is 6.07. The van der Waals surface area contributed by atoms with Gasteiger partial charge in [-0.15, -0.1) is 11.8 Å². The molecule has 2 rings (SSSR count). The molecule has 1 amide bonds. The number of nitrogens with one attached hydrogen (secondary N) is 1. The summed E-state index contributed by atoms with van der Waals surface area (Å²) in [4.78, 5) is 13.4. The number of para-hydroxylation sites is 1. The zero-order chi connectivity index (χ0) is 16.7.